The van der Waals surface area contributed by atoms with E-state index in [1.165, 1.54) is 0 Å². The maximum absolute atomic E-state index is 11.9. The van der Waals surface area contributed by atoms with Gasteiger partial charge in [0.2, 0.25) is 5.91 Å². The van der Waals surface area contributed by atoms with Gasteiger partial charge in [0, 0.05) is 26.1 Å². The van der Waals surface area contributed by atoms with Gasteiger partial charge in [-0.05, 0) is 25.8 Å². The van der Waals surface area contributed by atoms with Crippen molar-refractivity contribution in [2.75, 3.05) is 26.7 Å². The number of likely N-dealkylation sites (N-methyl/N-ethyl adjacent to an activating group) is 1. The Bertz CT molecular complexity index is 308. The molecule has 4 nitrogen and oxygen atoms in total. The average Bonchev–Trinajstić information content (AvgIpc) is 2.60. The number of hydrogen-bond donors (Lipinski definition) is 1. The molecule has 2 aliphatic rings. The summed E-state index contributed by atoms with van der Waals surface area (Å²) in [6.07, 6.45) is 3.11. The number of carbonyl (C=O) groups excluding carboxylic acids is 1. The molecule has 0 aromatic carbocycles. The minimum absolute atomic E-state index is 0.0714. The van der Waals surface area contributed by atoms with Crippen LogP contribution in [0, 0.1) is 5.92 Å². The summed E-state index contributed by atoms with van der Waals surface area (Å²) in [6.45, 7) is 2.74. The molecule has 0 bridgehead atoms. The van der Waals surface area contributed by atoms with Crippen LogP contribution in [0.1, 0.15) is 19.3 Å². The molecule has 1 amide bonds. The molecule has 2 fully saturated rings. The van der Waals surface area contributed by atoms with E-state index in [1.807, 2.05) is 11.9 Å². The first kappa shape index (κ1) is 11.8. The molecule has 16 heavy (non-hydrogen) atoms. The monoisotopic (exact) mass is 241 g/mol. The second-order valence-corrected chi connectivity index (χ2v) is 5.27. The molecule has 90 valence electrons. The Labute approximate surface area is 102 Å². The standard InChI is InChI=1S/C11H19N3OS/c1-13-6-4-9(11(13)15)14-5-2-3-8(7-14)10(12)16/h8-9H,2-7H2,1H3,(H2,12,16). The molecule has 2 atom stereocenters. The van der Waals surface area contributed by atoms with Gasteiger partial charge >= 0.3 is 0 Å². The smallest absolute Gasteiger partial charge is 0.239 e. The van der Waals surface area contributed by atoms with E-state index in [4.69, 9.17) is 18.0 Å². The highest BCUT2D eigenvalue weighted by Gasteiger charge is 2.36. The van der Waals surface area contributed by atoms with Crippen molar-refractivity contribution < 1.29 is 4.79 Å². The summed E-state index contributed by atoms with van der Waals surface area (Å²) in [5, 5.41) is 0. The van der Waals surface area contributed by atoms with Crippen molar-refractivity contribution >= 4 is 23.1 Å². The van der Waals surface area contributed by atoms with E-state index in [9.17, 15) is 4.79 Å². The predicted octanol–water partition coefficient (Wildman–Crippen LogP) is 0.215. The lowest BCUT2D eigenvalue weighted by Gasteiger charge is -2.35. The number of hydrogen-bond acceptors (Lipinski definition) is 3. The first-order valence-electron chi connectivity index (χ1n) is 5.88. The quantitative estimate of drug-likeness (QED) is 0.703. The van der Waals surface area contributed by atoms with Crippen LogP contribution in [0.5, 0.6) is 0 Å². The van der Waals surface area contributed by atoms with Crippen LogP contribution >= 0.6 is 12.2 Å². The van der Waals surface area contributed by atoms with Crippen LogP contribution in [0.25, 0.3) is 0 Å². The molecule has 0 aromatic rings. The summed E-state index contributed by atoms with van der Waals surface area (Å²) >= 11 is 5.05. The zero-order valence-corrected chi connectivity index (χ0v) is 10.5. The van der Waals surface area contributed by atoms with Crippen LogP contribution in [0.2, 0.25) is 0 Å². The summed E-state index contributed by atoms with van der Waals surface area (Å²) < 4.78 is 0. The largest absolute Gasteiger partial charge is 0.393 e. The zero-order chi connectivity index (χ0) is 11.7. The van der Waals surface area contributed by atoms with Gasteiger partial charge in [-0.1, -0.05) is 12.2 Å². The van der Waals surface area contributed by atoms with Gasteiger partial charge in [-0.2, -0.15) is 0 Å². The number of carbonyl (C=O) groups is 1. The molecule has 2 heterocycles. The van der Waals surface area contributed by atoms with Gasteiger partial charge < -0.3 is 10.6 Å². The molecule has 0 spiro atoms. The van der Waals surface area contributed by atoms with Gasteiger partial charge in [0.15, 0.2) is 0 Å². The maximum atomic E-state index is 11.9. The minimum Gasteiger partial charge on any atom is -0.393 e. The fraction of sp³-hybridized carbons (Fsp3) is 0.818. The Hall–Kier alpha value is -0.680. The third kappa shape index (κ3) is 2.20. The van der Waals surface area contributed by atoms with Crippen molar-refractivity contribution in [3.63, 3.8) is 0 Å². The fourth-order valence-electron chi connectivity index (χ4n) is 2.66. The molecule has 2 N–H and O–H groups in total. The van der Waals surface area contributed by atoms with Crippen molar-refractivity contribution in [2.24, 2.45) is 11.7 Å². The highest BCUT2D eigenvalue weighted by Crippen LogP contribution is 2.23. The van der Waals surface area contributed by atoms with Crippen LogP contribution in [0.15, 0.2) is 0 Å². The van der Waals surface area contributed by atoms with E-state index in [-0.39, 0.29) is 11.9 Å². The molecule has 2 rings (SSSR count). The molecular formula is C11H19N3OS. The lowest BCUT2D eigenvalue weighted by molar-refractivity contribution is -0.131. The molecule has 0 aliphatic carbocycles. The second-order valence-electron chi connectivity index (χ2n) is 4.80. The minimum atomic E-state index is 0.0714. The number of nitrogens with zero attached hydrogens (tertiary/aromatic N) is 2. The van der Waals surface area contributed by atoms with Crippen LogP contribution in [0.3, 0.4) is 0 Å². The van der Waals surface area contributed by atoms with Crippen LogP contribution in [-0.4, -0.2) is 53.4 Å². The van der Waals surface area contributed by atoms with Gasteiger partial charge in [-0.15, -0.1) is 0 Å². The zero-order valence-electron chi connectivity index (χ0n) is 9.69. The van der Waals surface area contributed by atoms with Gasteiger partial charge in [0.05, 0.1) is 11.0 Å². The van der Waals surface area contributed by atoms with Gasteiger partial charge in [-0.25, -0.2) is 0 Å². The van der Waals surface area contributed by atoms with Crippen molar-refractivity contribution in [1.82, 2.24) is 9.80 Å². The molecule has 2 aliphatic heterocycles. The summed E-state index contributed by atoms with van der Waals surface area (Å²) in [6, 6.07) is 0.0714. The first-order chi connectivity index (χ1) is 7.59. The number of likely N-dealkylation sites (tertiary alicyclic amines) is 2. The normalized spacial score (nSPS) is 32.1. The molecule has 2 saturated heterocycles. The molecule has 2 unspecified atom stereocenters. The third-order valence-electron chi connectivity index (χ3n) is 3.70. The molecular weight excluding hydrogens is 222 g/mol. The van der Waals surface area contributed by atoms with Crippen LogP contribution < -0.4 is 5.73 Å². The number of nitrogens with two attached hydrogens (primary N) is 1. The van der Waals surface area contributed by atoms with Crippen LogP contribution in [0.4, 0.5) is 0 Å². The van der Waals surface area contributed by atoms with Crippen molar-refractivity contribution in [3.8, 4) is 0 Å². The van der Waals surface area contributed by atoms with Gasteiger partial charge in [0.25, 0.3) is 0 Å². The second kappa shape index (κ2) is 4.67. The number of rotatable bonds is 2. The number of piperidine rings is 1. The van der Waals surface area contributed by atoms with E-state index in [1.54, 1.807) is 0 Å². The van der Waals surface area contributed by atoms with Crippen molar-refractivity contribution in [2.45, 2.75) is 25.3 Å². The van der Waals surface area contributed by atoms with E-state index in [2.05, 4.69) is 4.90 Å². The fourth-order valence-corrected chi connectivity index (χ4v) is 2.86. The van der Waals surface area contributed by atoms with E-state index in [0.29, 0.717) is 10.9 Å². The molecule has 0 saturated carbocycles. The Morgan fingerprint density at radius 3 is 2.75 bits per heavy atom. The first-order valence-corrected chi connectivity index (χ1v) is 6.28. The number of thiocarbonyl (C=S) groups is 1. The van der Waals surface area contributed by atoms with Gasteiger partial charge in [-0.3, -0.25) is 9.69 Å². The van der Waals surface area contributed by atoms with Crippen molar-refractivity contribution in [3.05, 3.63) is 0 Å². The SMILES string of the molecule is CN1CCC(N2CCCC(C(N)=S)C2)C1=O. The van der Waals surface area contributed by atoms with E-state index >= 15 is 0 Å². The van der Waals surface area contributed by atoms with E-state index in [0.717, 1.165) is 38.9 Å². The molecule has 5 heteroatoms. The third-order valence-corrected chi connectivity index (χ3v) is 4.03. The lowest BCUT2D eigenvalue weighted by atomic mass is 9.96. The summed E-state index contributed by atoms with van der Waals surface area (Å²) in [5.41, 5.74) is 5.70. The summed E-state index contributed by atoms with van der Waals surface area (Å²) in [7, 11) is 1.87. The van der Waals surface area contributed by atoms with E-state index < -0.39 is 0 Å². The highest BCUT2D eigenvalue weighted by molar-refractivity contribution is 7.80. The summed E-state index contributed by atoms with van der Waals surface area (Å²) in [4.78, 5) is 16.6. The maximum Gasteiger partial charge on any atom is 0.239 e. The predicted molar refractivity (Wildman–Crippen MR) is 67.1 cm³/mol. The summed E-state index contributed by atoms with van der Waals surface area (Å²) in [5.74, 6) is 0.547. The Morgan fingerprint density at radius 1 is 1.44 bits per heavy atom. The lowest BCUT2D eigenvalue weighted by Crippen LogP contribution is -2.48. The highest BCUT2D eigenvalue weighted by atomic mass is 32.1. The molecule has 0 radical (unpaired) electrons. The number of amides is 1. The Balaban J connectivity index is 1.99. The Kier molecular flexibility index (Phi) is 3.44. The molecule has 0 aromatic heterocycles. The van der Waals surface area contributed by atoms with Gasteiger partial charge in [0.1, 0.15) is 0 Å². The topological polar surface area (TPSA) is 49.6 Å². The van der Waals surface area contributed by atoms with Crippen molar-refractivity contribution in [1.29, 1.82) is 0 Å². The average molecular weight is 241 g/mol. The Morgan fingerprint density at radius 2 is 2.19 bits per heavy atom. The van der Waals surface area contributed by atoms with Crippen LogP contribution in [-0.2, 0) is 4.79 Å².